The Kier molecular flexibility index (Phi) is 6.65. The molecule has 0 aliphatic rings. The summed E-state index contributed by atoms with van der Waals surface area (Å²) in [6.45, 7) is 6.76. The number of aliphatic hydroxyl groups is 1. The van der Waals surface area contributed by atoms with Crippen molar-refractivity contribution >= 4 is 11.6 Å². The molecule has 1 unspecified atom stereocenters. The normalized spacial score (nSPS) is 14.8. The number of halogens is 1. The summed E-state index contributed by atoms with van der Waals surface area (Å²) < 4.78 is 5.35. The van der Waals surface area contributed by atoms with Gasteiger partial charge in [0.05, 0.1) is 18.8 Å². The number of hydrogen-bond acceptors (Lipinski definition) is 3. The standard InChI is InChI=1S/C14H22ClNO2/c1-10(2)18-9-12(17)8-16-11(3)13-6-4-5-7-14(13)15/h4-7,10-12,16-17H,8-9H2,1-3H3/t11-,12?/m1/s1. The minimum Gasteiger partial charge on any atom is -0.389 e. The molecule has 0 radical (unpaired) electrons. The Morgan fingerprint density at radius 1 is 1.28 bits per heavy atom. The molecule has 1 rings (SSSR count). The summed E-state index contributed by atoms with van der Waals surface area (Å²) >= 11 is 6.11. The number of rotatable bonds is 7. The smallest absolute Gasteiger partial charge is 0.0898 e. The Morgan fingerprint density at radius 2 is 1.94 bits per heavy atom. The summed E-state index contributed by atoms with van der Waals surface area (Å²) in [5, 5.41) is 13.7. The molecule has 0 bridgehead atoms. The van der Waals surface area contributed by atoms with Gasteiger partial charge in [-0.05, 0) is 32.4 Å². The maximum absolute atomic E-state index is 9.74. The molecular weight excluding hydrogens is 250 g/mol. The molecule has 0 amide bonds. The van der Waals surface area contributed by atoms with Crippen LogP contribution in [0.4, 0.5) is 0 Å². The summed E-state index contributed by atoms with van der Waals surface area (Å²) in [5.41, 5.74) is 1.04. The molecule has 3 nitrogen and oxygen atoms in total. The summed E-state index contributed by atoms with van der Waals surface area (Å²) in [4.78, 5) is 0. The first-order valence-electron chi connectivity index (χ1n) is 6.28. The third-order valence-corrected chi connectivity index (χ3v) is 3.00. The molecule has 2 atom stereocenters. The highest BCUT2D eigenvalue weighted by molar-refractivity contribution is 6.31. The predicted octanol–water partition coefficient (Wildman–Crippen LogP) is 2.78. The molecule has 0 fully saturated rings. The molecule has 0 heterocycles. The highest BCUT2D eigenvalue weighted by Gasteiger charge is 2.11. The predicted molar refractivity (Wildman–Crippen MR) is 75.0 cm³/mol. The molecule has 0 aromatic heterocycles. The van der Waals surface area contributed by atoms with E-state index in [1.807, 2.05) is 45.0 Å². The number of nitrogens with one attached hydrogen (secondary N) is 1. The molecular formula is C14H22ClNO2. The Morgan fingerprint density at radius 3 is 2.56 bits per heavy atom. The molecule has 0 saturated heterocycles. The topological polar surface area (TPSA) is 41.5 Å². The molecule has 0 aliphatic carbocycles. The van der Waals surface area contributed by atoms with Crippen LogP contribution in [-0.4, -0.2) is 30.5 Å². The van der Waals surface area contributed by atoms with E-state index >= 15 is 0 Å². The average Bonchev–Trinajstić information content (AvgIpc) is 2.34. The van der Waals surface area contributed by atoms with E-state index in [1.54, 1.807) is 0 Å². The third kappa shape index (κ3) is 5.36. The van der Waals surface area contributed by atoms with Crippen molar-refractivity contribution in [2.75, 3.05) is 13.2 Å². The second kappa shape index (κ2) is 7.74. The Hall–Kier alpha value is -0.610. The molecule has 1 aromatic rings. The van der Waals surface area contributed by atoms with E-state index < -0.39 is 6.10 Å². The maximum Gasteiger partial charge on any atom is 0.0898 e. The van der Waals surface area contributed by atoms with E-state index in [1.165, 1.54) is 0 Å². The molecule has 0 saturated carbocycles. The Balaban J connectivity index is 2.37. The van der Waals surface area contributed by atoms with Crippen molar-refractivity contribution in [2.45, 2.75) is 39.0 Å². The SMILES string of the molecule is CC(C)OCC(O)CN[C@H](C)c1ccccc1Cl. The van der Waals surface area contributed by atoms with Crippen LogP contribution in [0.3, 0.4) is 0 Å². The highest BCUT2D eigenvalue weighted by Crippen LogP contribution is 2.21. The molecule has 0 aliphatic heterocycles. The van der Waals surface area contributed by atoms with Gasteiger partial charge < -0.3 is 15.2 Å². The first-order valence-corrected chi connectivity index (χ1v) is 6.66. The van der Waals surface area contributed by atoms with Crippen molar-refractivity contribution in [3.63, 3.8) is 0 Å². The second-order valence-electron chi connectivity index (χ2n) is 4.69. The fourth-order valence-corrected chi connectivity index (χ4v) is 1.91. The number of benzene rings is 1. The third-order valence-electron chi connectivity index (χ3n) is 2.65. The van der Waals surface area contributed by atoms with Gasteiger partial charge in [-0.2, -0.15) is 0 Å². The van der Waals surface area contributed by atoms with Gasteiger partial charge in [0, 0.05) is 17.6 Å². The van der Waals surface area contributed by atoms with Crippen LogP contribution >= 0.6 is 11.6 Å². The zero-order chi connectivity index (χ0) is 13.5. The monoisotopic (exact) mass is 271 g/mol. The molecule has 4 heteroatoms. The van der Waals surface area contributed by atoms with Gasteiger partial charge >= 0.3 is 0 Å². The summed E-state index contributed by atoms with van der Waals surface area (Å²) in [6, 6.07) is 7.82. The van der Waals surface area contributed by atoms with Gasteiger partial charge in [0.2, 0.25) is 0 Å². The van der Waals surface area contributed by atoms with Gasteiger partial charge in [0.1, 0.15) is 0 Å². The lowest BCUT2D eigenvalue weighted by atomic mass is 10.1. The van der Waals surface area contributed by atoms with Crippen molar-refractivity contribution in [2.24, 2.45) is 0 Å². The van der Waals surface area contributed by atoms with Crippen LogP contribution in [0.2, 0.25) is 5.02 Å². The van der Waals surface area contributed by atoms with Gasteiger partial charge in [0.15, 0.2) is 0 Å². The molecule has 1 aromatic carbocycles. The van der Waals surface area contributed by atoms with E-state index in [0.717, 1.165) is 10.6 Å². The number of aliphatic hydroxyl groups excluding tert-OH is 1. The van der Waals surface area contributed by atoms with E-state index in [-0.39, 0.29) is 12.1 Å². The highest BCUT2D eigenvalue weighted by atomic mass is 35.5. The van der Waals surface area contributed by atoms with Gasteiger partial charge in [-0.15, -0.1) is 0 Å². The second-order valence-corrected chi connectivity index (χ2v) is 5.09. The van der Waals surface area contributed by atoms with Gasteiger partial charge in [-0.25, -0.2) is 0 Å². The largest absolute Gasteiger partial charge is 0.389 e. The van der Waals surface area contributed by atoms with E-state index in [0.29, 0.717) is 13.2 Å². The zero-order valence-electron chi connectivity index (χ0n) is 11.2. The zero-order valence-corrected chi connectivity index (χ0v) is 11.9. The number of hydrogen-bond donors (Lipinski definition) is 2. The van der Waals surface area contributed by atoms with Crippen LogP contribution in [0.1, 0.15) is 32.4 Å². The lowest BCUT2D eigenvalue weighted by Gasteiger charge is -2.19. The maximum atomic E-state index is 9.74. The first-order chi connectivity index (χ1) is 8.50. The van der Waals surface area contributed by atoms with E-state index in [2.05, 4.69) is 5.32 Å². The average molecular weight is 272 g/mol. The quantitative estimate of drug-likeness (QED) is 0.801. The van der Waals surface area contributed by atoms with Crippen molar-refractivity contribution < 1.29 is 9.84 Å². The molecule has 18 heavy (non-hydrogen) atoms. The Labute approximate surface area is 114 Å². The molecule has 2 N–H and O–H groups in total. The van der Waals surface area contributed by atoms with Crippen molar-refractivity contribution in [3.8, 4) is 0 Å². The van der Waals surface area contributed by atoms with Crippen molar-refractivity contribution in [1.29, 1.82) is 0 Å². The summed E-state index contributed by atoms with van der Waals surface area (Å²) in [6.07, 6.45) is -0.363. The fraction of sp³-hybridized carbons (Fsp3) is 0.571. The summed E-state index contributed by atoms with van der Waals surface area (Å²) in [5.74, 6) is 0. The van der Waals surface area contributed by atoms with E-state index in [4.69, 9.17) is 16.3 Å². The van der Waals surface area contributed by atoms with Crippen LogP contribution < -0.4 is 5.32 Å². The minimum absolute atomic E-state index is 0.104. The summed E-state index contributed by atoms with van der Waals surface area (Å²) in [7, 11) is 0. The molecule has 102 valence electrons. The van der Waals surface area contributed by atoms with Gasteiger partial charge in [0.25, 0.3) is 0 Å². The molecule has 0 spiro atoms. The van der Waals surface area contributed by atoms with Crippen LogP contribution in [0.5, 0.6) is 0 Å². The van der Waals surface area contributed by atoms with Crippen LogP contribution in [0.25, 0.3) is 0 Å². The lowest BCUT2D eigenvalue weighted by Crippen LogP contribution is -2.32. The van der Waals surface area contributed by atoms with E-state index in [9.17, 15) is 5.11 Å². The minimum atomic E-state index is -0.502. The van der Waals surface area contributed by atoms with Crippen LogP contribution in [0.15, 0.2) is 24.3 Å². The van der Waals surface area contributed by atoms with Gasteiger partial charge in [-0.1, -0.05) is 29.8 Å². The van der Waals surface area contributed by atoms with Crippen LogP contribution in [0, 0.1) is 0 Å². The lowest BCUT2D eigenvalue weighted by molar-refractivity contribution is 0.00561. The fourth-order valence-electron chi connectivity index (χ4n) is 1.61. The Bertz CT molecular complexity index is 357. The van der Waals surface area contributed by atoms with Gasteiger partial charge in [-0.3, -0.25) is 0 Å². The van der Waals surface area contributed by atoms with Crippen molar-refractivity contribution in [1.82, 2.24) is 5.32 Å². The van der Waals surface area contributed by atoms with Crippen molar-refractivity contribution in [3.05, 3.63) is 34.9 Å². The van der Waals surface area contributed by atoms with Crippen LogP contribution in [-0.2, 0) is 4.74 Å². The number of ether oxygens (including phenoxy) is 1. The first kappa shape index (κ1) is 15.4.